The summed E-state index contributed by atoms with van der Waals surface area (Å²) in [6.07, 6.45) is 1.88. The maximum atomic E-state index is 17.0. The fourth-order valence-electron chi connectivity index (χ4n) is 12.5. The van der Waals surface area contributed by atoms with Crippen LogP contribution in [0.3, 0.4) is 0 Å². The Balaban J connectivity index is 0.00000833. The molecule has 0 saturated carbocycles. The van der Waals surface area contributed by atoms with Crippen molar-refractivity contribution in [1.29, 1.82) is 0 Å². The fourth-order valence-corrected chi connectivity index (χ4v) is 12.5. The molecule has 0 spiro atoms. The number of pyridine rings is 1. The van der Waals surface area contributed by atoms with E-state index in [1.54, 1.807) is 0 Å². The number of hydrogen-bond donors (Lipinski definition) is 0. The molecule has 0 bridgehead atoms. The Morgan fingerprint density at radius 2 is 1.07 bits per heavy atom. The third kappa shape index (κ3) is 12.1. The van der Waals surface area contributed by atoms with E-state index in [9.17, 15) is 0 Å². The third-order valence-corrected chi connectivity index (χ3v) is 17.5. The second-order valence-electron chi connectivity index (χ2n) is 28.0. The number of fused-ring (bicyclic) bond motifs is 4. The van der Waals surface area contributed by atoms with Crippen LogP contribution in [0.5, 0.6) is 11.5 Å². The van der Waals surface area contributed by atoms with Crippen LogP contribution in [-0.2, 0) is 37.3 Å². The van der Waals surface area contributed by atoms with Gasteiger partial charge in [0.2, 0.25) is 0 Å². The molecule has 0 radical (unpaired) electrons. The molecule has 90 heavy (non-hydrogen) atoms. The number of benzene rings is 9. The van der Waals surface area contributed by atoms with Crippen molar-refractivity contribution in [3.63, 3.8) is 0 Å². The second kappa shape index (κ2) is 24.2. The van der Waals surface area contributed by atoms with Gasteiger partial charge in [0, 0.05) is 84.6 Å². The van der Waals surface area contributed by atoms with Crippen LogP contribution in [0.25, 0.3) is 72.1 Å². The molecule has 12 rings (SSSR count). The van der Waals surface area contributed by atoms with Gasteiger partial charge in [-0.3, -0.25) is 0 Å². The summed E-state index contributed by atoms with van der Waals surface area (Å²) in [6.45, 7) is 35.3. The number of para-hydroxylation sites is 3. The van der Waals surface area contributed by atoms with Crippen LogP contribution in [0.4, 0.5) is 35.9 Å². The molecule has 11 aromatic rings. The Morgan fingerprint density at radius 3 is 1.68 bits per heavy atom. The maximum absolute atomic E-state index is 17.0. The molecule has 0 fully saturated rings. The molecule has 0 saturated heterocycles. The summed E-state index contributed by atoms with van der Waals surface area (Å²) in [5.74, 6) is -0.661. The zero-order valence-electron chi connectivity index (χ0n) is 54.2. The molecule has 0 N–H and O–H groups in total. The number of hydrogen-bond acceptors (Lipinski definition) is 4. The molecule has 9 heteroatoms. The fraction of sp³-hybridized carbons (Fsp3) is 0.259. The van der Waals surface area contributed by atoms with E-state index in [-0.39, 0.29) is 60.3 Å². The van der Waals surface area contributed by atoms with Crippen LogP contribution in [-0.4, -0.2) is 9.55 Å². The number of anilines is 4. The molecule has 5 nitrogen and oxygen atoms in total. The minimum absolute atomic E-state index is 0. The summed E-state index contributed by atoms with van der Waals surface area (Å²) in [5.41, 5.74) is 16.2. The van der Waals surface area contributed by atoms with Crippen LogP contribution in [0.1, 0.15) is 155 Å². The average Bonchev–Trinajstić information content (AvgIpc) is 1.44. The van der Waals surface area contributed by atoms with Gasteiger partial charge in [0.25, 0.3) is 0 Å². The van der Waals surface area contributed by atoms with Crippen molar-refractivity contribution in [2.24, 2.45) is 0 Å². The Bertz CT molecular complexity index is 4460. The molecule has 0 atom stereocenters. The van der Waals surface area contributed by atoms with Gasteiger partial charge in [0.15, 0.2) is 0 Å². The predicted octanol–water partition coefficient (Wildman–Crippen LogP) is 23.3. The minimum atomic E-state index is -1.01. The van der Waals surface area contributed by atoms with Gasteiger partial charge in [-0.1, -0.05) is 200 Å². The molecule has 462 valence electrons. The number of ether oxygens (including phenoxy) is 1. The summed E-state index contributed by atoms with van der Waals surface area (Å²) < 4.78 is 58.7. The standard InChI is InChI=1S/C81H78F3N4O.Pt/c1-48(2)52-37-65(49(3)4)76(66(38-52)50(5)6)55-35-60(45-62(36-55)89-61-29-30-64-63-25-19-20-26-71(63)88(74(64)46-61)75-42-56(31-32-85-75)79(7,8)9)86-47-87(73-28-22-21-27-72(73)86)78-67(54-33-57(80(10,11)12)41-58(34-54)81(13,14)15)39-53(51-23-17-16-18-24-51)40-68(78)77-69(83)43-59(82)44-70(77)84;/h16-44,47-50H,1-15H3;/q-3;. The topological polar surface area (TPSA) is 33.5 Å². The minimum Gasteiger partial charge on any atom is -0.509 e. The van der Waals surface area contributed by atoms with E-state index in [1.165, 1.54) is 16.7 Å². The summed E-state index contributed by atoms with van der Waals surface area (Å²) >= 11 is 0. The number of nitrogens with zero attached hydrogens (tertiary/aromatic N) is 4. The molecular weight excluding hydrogens is 1300 g/mol. The van der Waals surface area contributed by atoms with Gasteiger partial charge in [-0.2, -0.15) is 6.07 Å². The number of rotatable bonds is 12. The molecule has 0 aliphatic carbocycles. The zero-order valence-corrected chi connectivity index (χ0v) is 56.5. The smallest absolute Gasteiger partial charge is 0.136 e. The molecule has 3 heterocycles. The monoisotopic (exact) mass is 1370 g/mol. The molecule has 0 amide bonds. The van der Waals surface area contributed by atoms with E-state index in [0.29, 0.717) is 28.8 Å². The molecule has 1 aliphatic heterocycles. The molecule has 9 aromatic carbocycles. The first kappa shape index (κ1) is 63.4. The summed E-state index contributed by atoms with van der Waals surface area (Å²) in [6, 6.07) is 63.3. The van der Waals surface area contributed by atoms with Gasteiger partial charge >= 0.3 is 0 Å². The second-order valence-corrected chi connectivity index (χ2v) is 28.0. The Hall–Kier alpha value is -8.19. The summed E-state index contributed by atoms with van der Waals surface area (Å²) in [5, 5.41) is 2.09. The third-order valence-electron chi connectivity index (χ3n) is 17.5. The first-order valence-corrected chi connectivity index (χ1v) is 31.1. The summed E-state index contributed by atoms with van der Waals surface area (Å²) in [7, 11) is 0. The quantitative estimate of drug-likeness (QED) is 0.114. The SMILES string of the molecule is CC(C)c1cc(C(C)C)c(-c2cc(Oc3[c-]c4c(cc3)c3ccccc3n4-c3cc(C(C)(C)C)ccn3)[c-]c(N3[CH-]N(c4c(-c5cc(C(C)(C)C)cc(C(C)(C)C)c5)cc(-c5ccccc5)cc4-c4c(F)cc(F)cc4F)c4ccccc43)c2)c(C(C)C)c1.[Pt]. The van der Waals surface area contributed by atoms with E-state index in [1.807, 2.05) is 78.4 Å². The van der Waals surface area contributed by atoms with Crippen LogP contribution in [0, 0.1) is 36.3 Å². The molecule has 1 aliphatic rings. The van der Waals surface area contributed by atoms with Gasteiger partial charge in [-0.15, -0.1) is 53.6 Å². The van der Waals surface area contributed by atoms with Gasteiger partial charge in [0.05, 0.1) is 5.56 Å². The number of halogens is 3. The zero-order chi connectivity index (χ0) is 63.2. The van der Waals surface area contributed by atoms with Crippen LogP contribution in [0.15, 0.2) is 176 Å². The predicted molar refractivity (Wildman–Crippen MR) is 364 cm³/mol. The van der Waals surface area contributed by atoms with Crippen molar-refractivity contribution in [2.75, 3.05) is 9.80 Å². The van der Waals surface area contributed by atoms with Crippen LogP contribution >= 0.6 is 0 Å². The van der Waals surface area contributed by atoms with Crippen molar-refractivity contribution in [2.45, 2.75) is 138 Å². The number of aromatic nitrogens is 2. The van der Waals surface area contributed by atoms with Crippen molar-refractivity contribution in [3.05, 3.63) is 246 Å². The van der Waals surface area contributed by atoms with Gasteiger partial charge in [-0.05, 0) is 137 Å². The van der Waals surface area contributed by atoms with Crippen molar-refractivity contribution >= 4 is 44.6 Å². The van der Waals surface area contributed by atoms with E-state index in [4.69, 9.17) is 9.72 Å². The largest absolute Gasteiger partial charge is 0.509 e. The Kier molecular flexibility index (Phi) is 17.0. The molecule has 2 aromatic heterocycles. The van der Waals surface area contributed by atoms with Gasteiger partial charge < -0.3 is 19.1 Å². The molecular formula is C81H78F3N4OPt-3. The first-order valence-electron chi connectivity index (χ1n) is 31.1. The van der Waals surface area contributed by atoms with Gasteiger partial charge in [-0.25, -0.2) is 18.2 Å². The molecule has 0 unspecified atom stereocenters. The normalized spacial score (nSPS) is 12.9. The van der Waals surface area contributed by atoms with Crippen molar-refractivity contribution in [1.82, 2.24) is 9.55 Å². The first-order chi connectivity index (χ1) is 42.2. The van der Waals surface area contributed by atoms with Gasteiger partial charge in [0.1, 0.15) is 23.3 Å². The van der Waals surface area contributed by atoms with Crippen molar-refractivity contribution in [3.8, 4) is 61.8 Å². The van der Waals surface area contributed by atoms with Crippen molar-refractivity contribution < 1.29 is 39.0 Å². The average molecular weight is 1380 g/mol. The van der Waals surface area contributed by atoms with Crippen LogP contribution in [0.2, 0.25) is 0 Å². The Morgan fingerprint density at radius 1 is 0.478 bits per heavy atom. The maximum Gasteiger partial charge on any atom is 0.136 e. The Labute approximate surface area is 544 Å². The van der Waals surface area contributed by atoms with Crippen LogP contribution < -0.4 is 14.5 Å². The van der Waals surface area contributed by atoms with E-state index >= 15 is 13.2 Å². The van der Waals surface area contributed by atoms with E-state index in [0.717, 1.165) is 101 Å². The van der Waals surface area contributed by atoms with E-state index in [2.05, 4.69) is 223 Å². The van der Waals surface area contributed by atoms with E-state index < -0.39 is 17.5 Å². The summed E-state index contributed by atoms with van der Waals surface area (Å²) in [4.78, 5) is 9.09.